The molecule has 1 aromatic rings. The van der Waals surface area contributed by atoms with E-state index in [-0.39, 0.29) is 11.3 Å². The van der Waals surface area contributed by atoms with Crippen molar-refractivity contribution in [2.45, 2.75) is 12.8 Å². The van der Waals surface area contributed by atoms with Crippen molar-refractivity contribution >= 4 is 0 Å². The van der Waals surface area contributed by atoms with E-state index in [0.717, 1.165) is 6.07 Å². The molecular formula is C10H12F3NO. The van der Waals surface area contributed by atoms with Crippen molar-refractivity contribution < 1.29 is 17.9 Å². The minimum Gasteiger partial charge on any atom is -0.496 e. The van der Waals surface area contributed by atoms with E-state index in [2.05, 4.69) is 0 Å². The van der Waals surface area contributed by atoms with Gasteiger partial charge in [-0.3, -0.25) is 0 Å². The molecule has 0 fully saturated rings. The van der Waals surface area contributed by atoms with Crippen LogP contribution in [0, 0.1) is 12.7 Å². The van der Waals surface area contributed by atoms with Gasteiger partial charge >= 0.3 is 0 Å². The van der Waals surface area contributed by atoms with Crippen LogP contribution in [0.2, 0.25) is 0 Å². The molecule has 0 aliphatic carbocycles. The fraction of sp³-hybridized carbons (Fsp3) is 0.400. The molecule has 2 nitrogen and oxygen atoms in total. The van der Waals surface area contributed by atoms with Gasteiger partial charge in [0.2, 0.25) is 0 Å². The van der Waals surface area contributed by atoms with Crippen molar-refractivity contribution in [3.8, 4) is 5.75 Å². The Balaban J connectivity index is 3.34. The second kappa shape index (κ2) is 4.10. The Morgan fingerprint density at radius 2 is 2.00 bits per heavy atom. The summed E-state index contributed by atoms with van der Waals surface area (Å²) in [4.78, 5) is 0. The van der Waals surface area contributed by atoms with Crippen molar-refractivity contribution in [3.63, 3.8) is 0 Å². The lowest BCUT2D eigenvalue weighted by Gasteiger charge is -2.18. The maximum Gasteiger partial charge on any atom is 0.288 e. The van der Waals surface area contributed by atoms with Crippen molar-refractivity contribution in [1.82, 2.24) is 0 Å². The number of ether oxygens (including phenoxy) is 1. The van der Waals surface area contributed by atoms with E-state index >= 15 is 0 Å². The first-order chi connectivity index (χ1) is 6.92. The molecule has 0 radical (unpaired) electrons. The van der Waals surface area contributed by atoms with Crippen molar-refractivity contribution in [2.75, 3.05) is 13.7 Å². The second-order valence-electron chi connectivity index (χ2n) is 3.21. The van der Waals surface area contributed by atoms with E-state index < -0.39 is 23.8 Å². The quantitative estimate of drug-likeness (QED) is 0.845. The maximum absolute atomic E-state index is 13.3. The third-order valence-electron chi connectivity index (χ3n) is 2.13. The van der Waals surface area contributed by atoms with Gasteiger partial charge in [0.1, 0.15) is 11.6 Å². The molecule has 0 heterocycles. The van der Waals surface area contributed by atoms with E-state index in [0.29, 0.717) is 0 Å². The molecular weight excluding hydrogens is 207 g/mol. The van der Waals surface area contributed by atoms with Gasteiger partial charge in [-0.2, -0.15) is 8.78 Å². The van der Waals surface area contributed by atoms with Gasteiger partial charge < -0.3 is 10.5 Å². The summed E-state index contributed by atoms with van der Waals surface area (Å²) in [6.07, 6.45) is 0. The highest BCUT2D eigenvalue weighted by atomic mass is 19.3. The zero-order valence-electron chi connectivity index (χ0n) is 8.48. The molecule has 0 unspecified atom stereocenters. The largest absolute Gasteiger partial charge is 0.496 e. The minimum atomic E-state index is -3.28. The highest BCUT2D eigenvalue weighted by Gasteiger charge is 2.33. The fourth-order valence-electron chi connectivity index (χ4n) is 1.22. The Hall–Kier alpha value is -1.23. The first-order valence-corrected chi connectivity index (χ1v) is 4.35. The van der Waals surface area contributed by atoms with Crippen LogP contribution in [0.1, 0.15) is 11.1 Å². The predicted octanol–water partition coefficient (Wildman–Crippen LogP) is 2.19. The number of alkyl halides is 2. The van der Waals surface area contributed by atoms with Crippen LogP contribution in [0.4, 0.5) is 13.2 Å². The van der Waals surface area contributed by atoms with Crippen LogP contribution in [0.15, 0.2) is 12.1 Å². The summed E-state index contributed by atoms with van der Waals surface area (Å²) in [5, 5.41) is 0. The summed E-state index contributed by atoms with van der Waals surface area (Å²) in [7, 11) is 1.25. The molecule has 0 saturated heterocycles. The molecule has 2 N–H and O–H groups in total. The summed E-state index contributed by atoms with van der Waals surface area (Å²) >= 11 is 0. The van der Waals surface area contributed by atoms with Crippen LogP contribution in [0.3, 0.4) is 0 Å². The Morgan fingerprint density at radius 1 is 1.40 bits per heavy atom. The molecule has 0 amide bonds. The molecule has 0 aliphatic rings. The highest BCUT2D eigenvalue weighted by molar-refractivity contribution is 5.41. The van der Waals surface area contributed by atoms with E-state index in [1.165, 1.54) is 20.1 Å². The molecule has 0 aromatic heterocycles. The van der Waals surface area contributed by atoms with Gasteiger partial charge in [-0.05, 0) is 24.6 Å². The first-order valence-electron chi connectivity index (χ1n) is 4.35. The van der Waals surface area contributed by atoms with Gasteiger partial charge in [0, 0.05) is 0 Å². The molecule has 5 heteroatoms. The third-order valence-corrected chi connectivity index (χ3v) is 2.13. The van der Waals surface area contributed by atoms with Crippen LogP contribution in [-0.4, -0.2) is 13.7 Å². The average molecular weight is 219 g/mol. The fourth-order valence-corrected chi connectivity index (χ4v) is 1.22. The maximum atomic E-state index is 13.3. The molecule has 0 aliphatic heterocycles. The summed E-state index contributed by atoms with van der Waals surface area (Å²) in [5.41, 5.74) is 4.66. The smallest absolute Gasteiger partial charge is 0.288 e. The average Bonchev–Trinajstić information content (AvgIpc) is 2.21. The number of nitrogens with two attached hydrogens (primary N) is 1. The van der Waals surface area contributed by atoms with Gasteiger partial charge in [-0.25, -0.2) is 4.39 Å². The van der Waals surface area contributed by atoms with Gasteiger partial charge in [-0.15, -0.1) is 0 Å². The number of hydrogen-bond donors (Lipinski definition) is 1. The van der Waals surface area contributed by atoms with E-state index in [9.17, 15) is 13.2 Å². The SMILES string of the molecule is COc1cc(C)c(F)cc1C(F)(F)CN. The number of benzene rings is 1. The van der Waals surface area contributed by atoms with Crippen molar-refractivity contribution in [2.24, 2.45) is 5.73 Å². The number of methoxy groups -OCH3 is 1. The third kappa shape index (κ3) is 2.23. The van der Waals surface area contributed by atoms with Crippen molar-refractivity contribution in [3.05, 3.63) is 29.1 Å². The molecule has 0 bridgehead atoms. The van der Waals surface area contributed by atoms with E-state index in [1.807, 2.05) is 0 Å². The van der Waals surface area contributed by atoms with Gasteiger partial charge in [0.05, 0.1) is 19.2 Å². The second-order valence-corrected chi connectivity index (χ2v) is 3.21. The monoisotopic (exact) mass is 219 g/mol. The lowest BCUT2D eigenvalue weighted by atomic mass is 10.0. The Kier molecular flexibility index (Phi) is 3.24. The molecule has 1 rings (SSSR count). The van der Waals surface area contributed by atoms with Crippen LogP contribution in [-0.2, 0) is 5.92 Å². The standard InChI is InChI=1S/C10H12F3NO/c1-6-3-9(15-2)7(4-8(6)11)10(12,13)5-14/h3-4H,5,14H2,1-2H3. The summed E-state index contributed by atoms with van der Waals surface area (Å²) in [6.45, 7) is 0.591. The zero-order chi connectivity index (χ0) is 11.6. The number of aryl methyl sites for hydroxylation is 1. The lowest BCUT2D eigenvalue weighted by Crippen LogP contribution is -2.26. The minimum absolute atomic E-state index is 0.0515. The molecule has 0 spiro atoms. The molecule has 15 heavy (non-hydrogen) atoms. The zero-order valence-corrected chi connectivity index (χ0v) is 8.48. The topological polar surface area (TPSA) is 35.2 Å². The van der Waals surface area contributed by atoms with Crippen LogP contribution in [0.25, 0.3) is 0 Å². The van der Waals surface area contributed by atoms with Crippen LogP contribution < -0.4 is 10.5 Å². The summed E-state index contributed by atoms with van der Waals surface area (Å²) in [5.74, 6) is -4.02. The molecule has 0 atom stereocenters. The molecule has 1 aromatic carbocycles. The Labute approximate surface area is 85.8 Å². The van der Waals surface area contributed by atoms with Crippen LogP contribution in [0.5, 0.6) is 5.75 Å². The normalized spacial score (nSPS) is 11.6. The van der Waals surface area contributed by atoms with Crippen LogP contribution >= 0.6 is 0 Å². The number of hydrogen-bond acceptors (Lipinski definition) is 2. The molecule has 0 saturated carbocycles. The van der Waals surface area contributed by atoms with Gasteiger partial charge in [0.15, 0.2) is 0 Å². The van der Waals surface area contributed by atoms with E-state index in [1.54, 1.807) is 0 Å². The summed E-state index contributed by atoms with van der Waals surface area (Å²) < 4.78 is 44.4. The summed E-state index contributed by atoms with van der Waals surface area (Å²) in [6, 6.07) is 2.00. The van der Waals surface area contributed by atoms with Gasteiger partial charge in [0.25, 0.3) is 5.92 Å². The number of halogens is 3. The number of rotatable bonds is 3. The molecule has 84 valence electrons. The van der Waals surface area contributed by atoms with Crippen molar-refractivity contribution in [1.29, 1.82) is 0 Å². The van der Waals surface area contributed by atoms with Gasteiger partial charge in [-0.1, -0.05) is 0 Å². The Bertz CT molecular complexity index is 366. The predicted molar refractivity (Wildman–Crippen MR) is 50.6 cm³/mol. The first kappa shape index (κ1) is 11.8. The Morgan fingerprint density at radius 3 is 2.47 bits per heavy atom. The lowest BCUT2D eigenvalue weighted by molar-refractivity contribution is 0.00336. The van der Waals surface area contributed by atoms with E-state index in [4.69, 9.17) is 10.5 Å². The highest BCUT2D eigenvalue weighted by Crippen LogP contribution is 2.35.